The van der Waals surface area contributed by atoms with Crippen molar-refractivity contribution in [3.63, 3.8) is 0 Å². The number of carbonyl (C=O) groups is 1. The summed E-state index contributed by atoms with van der Waals surface area (Å²) in [6, 6.07) is 12.4. The van der Waals surface area contributed by atoms with Crippen molar-refractivity contribution in [1.82, 2.24) is 4.98 Å². The fourth-order valence-electron chi connectivity index (χ4n) is 2.68. The lowest BCUT2D eigenvalue weighted by molar-refractivity contribution is -0.117. The lowest BCUT2D eigenvalue weighted by Gasteiger charge is -2.09. The zero-order chi connectivity index (χ0) is 17.4. The van der Waals surface area contributed by atoms with E-state index in [1.807, 2.05) is 17.5 Å². The maximum atomic E-state index is 13.3. The molecular formula is C18H13FN4OS. The number of pyridine rings is 1. The Morgan fingerprint density at radius 2 is 1.92 bits per heavy atom. The van der Waals surface area contributed by atoms with E-state index in [2.05, 4.69) is 15.3 Å². The summed E-state index contributed by atoms with van der Waals surface area (Å²) in [7, 11) is 0. The fourth-order valence-corrected chi connectivity index (χ4v) is 3.44. The third kappa shape index (κ3) is 2.89. The van der Waals surface area contributed by atoms with E-state index in [9.17, 15) is 9.18 Å². The summed E-state index contributed by atoms with van der Waals surface area (Å²) in [6.07, 6.45) is 0. The number of amides is 1. The van der Waals surface area contributed by atoms with Crippen molar-refractivity contribution in [3.05, 3.63) is 75.7 Å². The van der Waals surface area contributed by atoms with E-state index in [0.717, 1.165) is 4.88 Å². The van der Waals surface area contributed by atoms with Crippen molar-refractivity contribution in [2.45, 2.75) is 6.04 Å². The quantitative estimate of drug-likeness (QED) is 0.742. The molecule has 5 nitrogen and oxygen atoms in total. The molecule has 25 heavy (non-hydrogen) atoms. The van der Waals surface area contributed by atoms with Gasteiger partial charge in [0.05, 0.1) is 5.71 Å². The number of nitrogens with two attached hydrogens (primary N) is 1. The van der Waals surface area contributed by atoms with Crippen molar-refractivity contribution < 1.29 is 9.18 Å². The molecular weight excluding hydrogens is 339 g/mol. The molecule has 7 heteroatoms. The van der Waals surface area contributed by atoms with Gasteiger partial charge < -0.3 is 11.1 Å². The van der Waals surface area contributed by atoms with Gasteiger partial charge in [-0.25, -0.2) is 9.37 Å². The van der Waals surface area contributed by atoms with Crippen LogP contribution in [0.4, 0.5) is 16.0 Å². The first kappa shape index (κ1) is 15.5. The van der Waals surface area contributed by atoms with Crippen LogP contribution >= 0.6 is 11.3 Å². The van der Waals surface area contributed by atoms with Gasteiger partial charge in [-0.05, 0) is 47.8 Å². The van der Waals surface area contributed by atoms with Gasteiger partial charge in [-0.3, -0.25) is 9.79 Å². The largest absolute Gasteiger partial charge is 0.384 e. The second-order valence-electron chi connectivity index (χ2n) is 5.52. The molecule has 124 valence electrons. The number of hydrogen-bond donors (Lipinski definition) is 2. The Bertz CT molecular complexity index is 967. The normalized spacial score (nSPS) is 16.6. The Morgan fingerprint density at radius 1 is 1.12 bits per heavy atom. The van der Waals surface area contributed by atoms with Crippen LogP contribution in [0.25, 0.3) is 0 Å². The van der Waals surface area contributed by atoms with Crippen molar-refractivity contribution >= 4 is 34.6 Å². The van der Waals surface area contributed by atoms with Crippen LogP contribution in [0.1, 0.15) is 22.0 Å². The molecule has 0 bridgehead atoms. The Morgan fingerprint density at radius 3 is 2.64 bits per heavy atom. The molecule has 0 spiro atoms. The highest BCUT2D eigenvalue weighted by molar-refractivity contribution is 7.10. The number of aromatic nitrogens is 1. The van der Waals surface area contributed by atoms with E-state index >= 15 is 0 Å². The van der Waals surface area contributed by atoms with Gasteiger partial charge >= 0.3 is 0 Å². The number of halogens is 1. The van der Waals surface area contributed by atoms with Gasteiger partial charge in [0.25, 0.3) is 5.91 Å². The zero-order valence-corrected chi connectivity index (χ0v) is 13.8. The first-order valence-corrected chi connectivity index (χ1v) is 8.45. The molecule has 2 aromatic heterocycles. The lowest BCUT2D eigenvalue weighted by Crippen LogP contribution is -2.18. The monoisotopic (exact) mass is 352 g/mol. The Labute approximate surface area is 147 Å². The van der Waals surface area contributed by atoms with Crippen LogP contribution < -0.4 is 11.1 Å². The summed E-state index contributed by atoms with van der Waals surface area (Å²) in [5.41, 5.74) is 7.68. The molecule has 1 aromatic carbocycles. The van der Waals surface area contributed by atoms with E-state index < -0.39 is 6.04 Å². The highest BCUT2D eigenvalue weighted by atomic mass is 32.1. The van der Waals surface area contributed by atoms with E-state index in [1.54, 1.807) is 24.3 Å². The predicted octanol–water partition coefficient (Wildman–Crippen LogP) is 3.40. The number of nitrogen functional groups attached to an aromatic ring is 1. The average molecular weight is 352 g/mol. The van der Waals surface area contributed by atoms with Gasteiger partial charge in [0, 0.05) is 16.0 Å². The second-order valence-corrected chi connectivity index (χ2v) is 6.50. The molecule has 3 N–H and O–H groups in total. The third-order valence-corrected chi connectivity index (χ3v) is 4.78. The van der Waals surface area contributed by atoms with E-state index in [0.29, 0.717) is 28.5 Å². The molecule has 1 amide bonds. The highest BCUT2D eigenvalue weighted by Crippen LogP contribution is 2.31. The van der Waals surface area contributed by atoms with E-state index in [4.69, 9.17) is 5.73 Å². The molecule has 0 radical (unpaired) electrons. The average Bonchev–Trinajstić information content (AvgIpc) is 3.07. The molecule has 0 fully saturated rings. The summed E-state index contributed by atoms with van der Waals surface area (Å²) in [6.45, 7) is 0. The van der Waals surface area contributed by atoms with Gasteiger partial charge in [-0.1, -0.05) is 6.07 Å². The molecule has 1 atom stereocenters. The Balaban J connectivity index is 1.92. The van der Waals surface area contributed by atoms with E-state index in [-0.39, 0.29) is 11.7 Å². The van der Waals surface area contributed by atoms with Gasteiger partial charge in [0.1, 0.15) is 17.5 Å². The van der Waals surface area contributed by atoms with E-state index in [1.165, 1.54) is 23.5 Å². The number of carbonyl (C=O) groups excluding carboxylic acids is 1. The van der Waals surface area contributed by atoms with Crippen LogP contribution in [-0.2, 0) is 4.79 Å². The van der Waals surface area contributed by atoms with Crippen LogP contribution in [0.2, 0.25) is 0 Å². The molecule has 4 rings (SSSR count). The minimum atomic E-state index is -0.699. The lowest BCUT2D eigenvalue weighted by atomic mass is 10.0. The molecule has 3 heterocycles. The molecule has 1 aliphatic rings. The van der Waals surface area contributed by atoms with Crippen LogP contribution in [0.15, 0.2) is 58.9 Å². The van der Waals surface area contributed by atoms with Crippen molar-refractivity contribution in [2.75, 3.05) is 11.1 Å². The first-order chi connectivity index (χ1) is 12.1. The Kier molecular flexibility index (Phi) is 3.77. The number of aliphatic imine (C=N–C) groups is 1. The fraction of sp³-hybridized carbons (Fsp3) is 0.0556. The minimum Gasteiger partial charge on any atom is -0.384 e. The first-order valence-electron chi connectivity index (χ1n) is 7.57. The number of thiophene rings is 1. The summed E-state index contributed by atoms with van der Waals surface area (Å²) in [4.78, 5) is 22.4. The minimum absolute atomic E-state index is 0.279. The SMILES string of the molecule is Nc1ccc2c(n1)NC(=O)C(c1cccs1)N=C2c1ccc(F)cc1. The standard InChI is InChI=1S/C18H13FN4OS/c19-11-5-3-10(4-6-11)15-12-7-8-14(20)21-17(12)23-18(24)16(22-15)13-2-1-9-25-13/h1-9,16H,(H3,20,21,23,24). The van der Waals surface area contributed by atoms with Crippen molar-refractivity contribution in [3.8, 4) is 0 Å². The molecule has 3 aromatic rings. The zero-order valence-electron chi connectivity index (χ0n) is 12.9. The summed E-state index contributed by atoms with van der Waals surface area (Å²) in [5, 5.41) is 4.69. The highest BCUT2D eigenvalue weighted by Gasteiger charge is 2.28. The van der Waals surface area contributed by atoms with Crippen molar-refractivity contribution in [1.29, 1.82) is 0 Å². The third-order valence-electron chi connectivity index (χ3n) is 3.85. The van der Waals surface area contributed by atoms with Crippen molar-refractivity contribution in [2.24, 2.45) is 4.99 Å². The number of benzene rings is 1. The molecule has 0 saturated heterocycles. The second kappa shape index (κ2) is 6.10. The number of hydrogen-bond acceptors (Lipinski definition) is 5. The maximum Gasteiger partial charge on any atom is 0.255 e. The summed E-state index contributed by atoms with van der Waals surface area (Å²) in [5.74, 6) is 0.0377. The number of nitrogens with one attached hydrogen (secondary N) is 1. The maximum absolute atomic E-state index is 13.3. The van der Waals surface area contributed by atoms with Crippen LogP contribution in [0.3, 0.4) is 0 Å². The summed E-state index contributed by atoms with van der Waals surface area (Å²) < 4.78 is 13.3. The van der Waals surface area contributed by atoms with Gasteiger partial charge in [0.15, 0.2) is 6.04 Å². The predicted molar refractivity (Wildman–Crippen MR) is 96.4 cm³/mol. The van der Waals surface area contributed by atoms with Crippen LogP contribution in [0.5, 0.6) is 0 Å². The molecule has 0 aliphatic carbocycles. The number of rotatable bonds is 2. The molecule has 0 saturated carbocycles. The number of nitrogens with zero attached hydrogens (tertiary/aromatic N) is 2. The van der Waals surface area contributed by atoms with Gasteiger partial charge in [-0.15, -0.1) is 11.3 Å². The smallest absolute Gasteiger partial charge is 0.255 e. The number of fused-ring (bicyclic) bond motifs is 1. The van der Waals surface area contributed by atoms with Gasteiger partial charge in [-0.2, -0.15) is 0 Å². The van der Waals surface area contributed by atoms with Crippen LogP contribution in [0, 0.1) is 5.82 Å². The molecule has 1 unspecified atom stereocenters. The summed E-state index contributed by atoms with van der Waals surface area (Å²) >= 11 is 1.45. The topological polar surface area (TPSA) is 80.4 Å². The number of anilines is 2. The Hall–Kier alpha value is -3.06. The van der Waals surface area contributed by atoms with Crippen LogP contribution in [-0.4, -0.2) is 16.6 Å². The molecule has 1 aliphatic heterocycles. The van der Waals surface area contributed by atoms with Gasteiger partial charge in [0.2, 0.25) is 0 Å².